The third kappa shape index (κ3) is 3.00. The summed E-state index contributed by atoms with van der Waals surface area (Å²) in [4.78, 5) is 19.9. The summed E-state index contributed by atoms with van der Waals surface area (Å²) in [7, 11) is 1.54. The van der Waals surface area contributed by atoms with Crippen LogP contribution in [-0.4, -0.2) is 35.1 Å². The van der Waals surface area contributed by atoms with Gasteiger partial charge in [-0.15, -0.1) is 0 Å². The molecule has 0 bridgehead atoms. The van der Waals surface area contributed by atoms with Gasteiger partial charge in [0, 0.05) is 6.07 Å². The van der Waals surface area contributed by atoms with Crippen molar-refractivity contribution in [2.45, 2.75) is 38.4 Å². The Kier molecular flexibility index (Phi) is 3.68. The second kappa shape index (κ2) is 5.23. The van der Waals surface area contributed by atoms with Gasteiger partial charge in [0.2, 0.25) is 5.88 Å². The number of ether oxygens (including phenoxy) is 2. The minimum atomic E-state index is -0.272. The highest BCUT2D eigenvalue weighted by Gasteiger charge is 2.28. The van der Waals surface area contributed by atoms with Crippen LogP contribution in [0.1, 0.15) is 25.5 Å². The van der Waals surface area contributed by atoms with E-state index >= 15 is 0 Å². The van der Waals surface area contributed by atoms with E-state index in [2.05, 4.69) is 9.97 Å². The van der Waals surface area contributed by atoms with Crippen LogP contribution < -0.4 is 4.74 Å². The van der Waals surface area contributed by atoms with Gasteiger partial charge in [0.1, 0.15) is 12.4 Å². The van der Waals surface area contributed by atoms with Crippen LogP contribution in [0.15, 0.2) is 12.4 Å². The lowest BCUT2D eigenvalue weighted by molar-refractivity contribution is -0.128. The van der Waals surface area contributed by atoms with Crippen molar-refractivity contribution in [2.24, 2.45) is 0 Å². The second-order valence-electron chi connectivity index (χ2n) is 4.21. The zero-order chi connectivity index (χ0) is 12.3. The van der Waals surface area contributed by atoms with E-state index in [0.717, 1.165) is 12.8 Å². The molecule has 17 heavy (non-hydrogen) atoms. The molecular formula is C12H16N2O3. The Morgan fingerprint density at radius 2 is 2.35 bits per heavy atom. The number of aromatic nitrogens is 2. The first kappa shape index (κ1) is 12.0. The maximum atomic E-state index is 11.9. The highest BCUT2D eigenvalue weighted by Crippen LogP contribution is 2.21. The first-order chi connectivity index (χ1) is 8.19. The number of rotatable bonds is 4. The number of methoxy groups -OCH3 is 1. The van der Waals surface area contributed by atoms with Gasteiger partial charge >= 0.3 is 0 Å². The van der Waals surface area contributed by atoms with Crippen LogP contribution in [0.25, 0.3) is 0 Å². The van der Waals surface area contributed by atoms with Crippen molar-refractivity contribution < 1.29 is 14.3 Å². The molecule has 0 aliphatic carbocycles. The van der Waals surface area contributed by atoms with Crippen LogP contribution in [0, 0.1) is 0 Å². The average molecular weight is 236 g/mol. The van der Waals surface area contributed by atoms with Crippen molar-refractivity contribution in [3.05, 3.63) is 18.1 Å². The topological polar surface area (TPSA) is 61.3 Å². The van der Waals surface area contributed by atoms with Crippen LogP contribution >= 0.6 is 0 Å². The second-order valence-corrected chi connectivity index (χ2v) is 4.21. The predicted octanol–water partition coefficient (Wildman–Crippen LogP) is 1.16. The zero-order valence-corrected chi connectivity index (χ0v) is 10.0. The fraction of sp³-hybridized carbons (Fsp3) is 0.583. The molecule has 1 saturated heterocycles. The van der Waals surface area contributed by atoms with Gasteiger partial charge in [-0.2, -0.15) is 0 Å². The van der Waals surface area contributed by atoms with E-state index in [1.54, 1.807) is 6.07 Å². The molecule has 0 N–H and O–H groups in total. The third-order valence-corrected chi connectivity index (χ3v) is 2.85. The summed E-state index contributed by atoms with van der Waals surface area (Å²) >= 11 is 0. The first-order valence-corrected chi connectivity index (χ1v) is 5.72. The predicted molar refractivity (Wildman–Crippen MR) is 60.9 cm³/mol. The molecule has 0 spiro atoms. The number of carbonyl (C=O) groups excluding carboxylic acids is 1. The van der Waals surface area contributed by atoms with E-state index in [9.17, 15) is 4.79 Å². The number of carbonyl (C=O) groups is 1. The maximum absolute atomic E-state index is 11.9. The number of hydrogen-bond acceptors (Lipinski definition) is 5. The zero-order valence-electron chi connectivity index (χ0n) is 10.0. The largest absolute Gasteiger partial charge is 0.481 e. The van der Waals surface area contributed by atoms with E-state index in [4.69, 9.17) is 9.47 Å². The van der Waals surface area contributed by atoms with Crippen molar-refractivity contribution in [3.8, 4) is 5.88 Å². The van der Waals surface area contributed by atoms with Crippen LogP contribution in [0.4, 0.5) is 0 Å². The van der Waals surface area contributed by atoms with E-state index in [0.29, 0.717) is 11.6 Å². The van der Waals surface area contributed by atoms with Gasteiger partial charge in [-0.1, -0.05) is 0 Å². The minimum absolute atomic E-state index is 0.0788. The summed E-state index contributed by atoms with van der Waals surface area (Å²) in [5.74, 6) is 0.554. The Morgan fingerprint density at radius 3 is 3.00 bits per heavy atom. The van der Waals surface area contributed by atoms with E-state index in [1.807, 2.05) is 6.92 Å². The Morgan fingerprint density at radius 1 is 1.53 bits per heavy atom. The average Bonchev–Trinajstić information content (AvgIpc) is 2.76. The monoisotopic (exact) mass is 236 g/mol. The molecule has 5 heteroatoms. The molecule has 1 aromatic rings. The van der Waals surface area contributed by atoms with Crippen molar-refractivity contribution in [1.29, 1.82) is 0 Å². The molecule has 2 heterocycles. The van der Waals surface area contributed by atoms with Gasteiger partial charge in [-0.05, 0) is 19.8 Å². The summed E-state index contributed by atoms with van der Waals surface area (Å²) < 4.78 is 10.5. The summed E-state index contributed by atoms with van der Waals surface area (Å²) in [5, 5.41) is 0. The molecule has 1 aromatic heterocycles. The standard InChI is InChI=1S/C12H16N2O3/c1-8-3-4-11(17-8)10(15)5-9-6-12(16-2)14-7-13-9/h6-8,11H,3-5H2,1-2H3. The SMILES string of the molecule is COc1cc(CC(=O)C2CCC(C)O2)ncn1. The molecule has 1 fully saturated rings. The summed E-state index contributed by atoms with van der Waals surface area (Å²) in [5.41, 5.74) is 0.671. The summed E-state index contributed by atoms with van der Waals surface area (Å²) in [6.45, 7) is 1.99. The Bertz CT molecular complexity index is 408. The molecule has 2 rings (SSSR count). The molecule has 0 aromatic carbocycles. The van der Waals surface area contributed by atoms with Gasteiger partial charge in [0.25, 0.3) is 0 Å². The third-order valence-electron chi connectivity index (χ3n) is 2.85. The van der Waals surface area contributed by atoms with Crippen LogP contribution in [0.5, 0.6) is 5.88 Å². The smallest absolute Gasteiger partial charge is 0.216 e. The lowest BCUT2D eigenvalue weighted by Gasteiger charge is -2.09. The van der Waals surface area contributed by atoms with Crippen LogP contribution in [0.3, 0.4) is 0 Å². The Labute approximate surface area is 100 Å². The molecular weight excluding hydrogens is 220 g/mol. The normalized spacial score (nSPS) is 23.6. The number of Topliss-reactive ketones (excluding diaryl/α,β-unsaturated/α-hetero) is 1. The summed E-state index contributed by atoms with van der Waals surface area (Å²) in [6, 6.07) is 1.68. The van der Waals surface area contributed by atoms with E-state index in [1.165, 1.54) is 13.4 Å². The number of ketones is 1. The number of hydrogen-bond donors (Lipinski definition) is 0. The number of nitrogens with zero attached hydrogens (tertiary/aromatic N) is 2. The van der Waals surface area contributed by atoms with Gasteiger partial charge < -0.3 is 9.47 Å². The molecule has 0 amide bonds. The van der Waals surface area contributed by atoms with Gasteiger partial charge in [-0.25, -0.2) is 9.97 Å². The first-order valence-electron chi connectivity index (χ1n) is 5.72. The fourth-order valence-electron chi connectivity index (χ4n) is 1.92. The molecule has 0 saturated carbocycles. The lowest BCUT2D eigenvalue weighted by Crippen LogP contribution is -2.23. The lowest BCUT2D eigenvalue weighted by atomic mass is 10.1. The van der Waals surface area contributed by atoms with Gasteiger partial charge in [0.15, 0.2) is 5.78 Å². The van der Waals surface area contributed by atoms with Gasteiger partial charge in [0.05, 0.1) is 25.3 Å². The van der Waals surface area contributed by atoms with Crippen molar-refractivity contribution >= 4 is 5.78 Å². The Hall–Kier alpha value is -1.49. The maximum Gasteiger partial charge on any atom is 0.216 e. The van der Waals surface area contributed by atoms with Crippen molar-refractivity contribution in [3.63, 3.8) is 0 Å². The van der Waals surface area contributed by atoms with E-state index < -0.39 is 0 Å². The molecule has 1 aliphatic rings. The van der Waals surface area contributed by atoms with Gasteiger partial charge in [-0.3, -0.25) is 4.79 Å². The van der Waals surface area contributed by atoms with Crippen molar-refractivity contribution in [1.82, 2.24) is 9.97 Å². The van der Waals surface area contributed by atoms with Crippen LogP contribution in [-0.2, 0) is 16.0 Å². The molecule has 0 radical (unpaired) electrons. The molecule has 2 unspecified atom stereocenters. The minimum Gasteiger partial charge on any atom is -0.481 e. The molecule has 92 valence electrons. The fourth-order valence-corrected chi connectivity index (χ4v) is 1.92. The van der Waals surface area contributed by atoms with E-state index in [-0.39, 0.29) is 24.4 Å². The highest BCUT2D eigenvalue weighted by atomic mass is 16.5. The Balaban J connectivity index is 1.98. The quantitative estimate of drug-likeness (QED) is 0.785. The van der Waals surface area contributed by atoms with Crippen molar-refractivity contribution in [2.75, 3.05) is 7.11 Å². The molecule has 5 nitrogen and oxygen atoms in total. The molecule has 1 aliphatic heterocycles. The summed E-state index contributed by atoms with van der Waals surface area (Å²) in [6.07, 6.45) is 3.34. The van der Waals surface area contributed by atoms with Crippen LogP contribution in [0.2, 0.25) is 0 Å². The highest BCUT2D eigenvalue weighted by molar-refractivity contribution is 5.85. The molecule has 2 atom stereocenters.